The van der Waals surface area contributed by atoms with E-state index in [4.69, 9.17) is 9.40 Å². The monoisotopic (exact) mass is 486 g/mol. The Kier molecular flexibility index (Phi) is 6.19. The zero-order valence-electron chi connectivity index (χ0n) is 19.1. The van der Waals surface area contributed by atoms with Crippen LogP contribution in [-0.2, 0) is 11.3 Å². The summed E-state index contributed by atoms with van der Waals surface area (Å²) in [4.78, 5) is 36.7. The highest BCUT2D eigenvalue weighted by molar-refractivity contribution is 7.99. The molecule has 3 heterocycles. The molecule has 0 spiro atoms. The molecular formula is C25H22N6O3S. The maximum atomic E-state index is 13.1. The lowest BCUT2D eigenvalue weighted by molar-refractivity contribution is -0.115. The van der Waals surface area contributed by atoms with Gasteiger partial charge in [-0.1, -0.05) is 36.0 Å². The van der Waals surface area contributed by atoms with Crippen molar-refractivity contribution < 1.29 is 14.0 Å². The van der Waals surface area contributed by atoms with Crippen molar-refractivity contribution in [1.82, 2.24) is 24.9 Å². The topological polar surface area (TPSA) is 106 Å². The van der Waals surface area contributed by atoms with Gasteiger partial charge in [0.05, 0.1) is 35.3 Å². The van der Waals surface area contributed by atoms with Gasteiger partial charge in [-0.15, -0.1) is 5.10 Å². The van der Waals surface area contributed by atoms with Gasteiger partial charge in [0, 0.05) is 12.4 Å². The Balaban J connectivity index is 1.34. The predicted octanol–water partition coefficient (Wildman–Crippen LogP) is 3.86. The standard InChI is InChI=1S/C25H22N6O3S/c1-16-27-23-18-9-3-5-11-20(18)28-25(31(23)29-16)35-15-22(32)30(2)21-12-6-4-10-19(21)24(33)26-14-17-8-7-13-34-17/h3-13H,14-15H2,1-2H3,(H,26,33). The highest BCUT2D eigenvalue weighted by atomic mass is 32.2. The van der Waals surface area contributed by atoms with E-state index in [2.05, 4.69) is 15.4 Å². The largest absolute Gasteiger partial charge is 0.467 e. The number of aryl methyl sites for hydroxylation is 1. The summed E-state index contributed by atoms with van der Waals surface area (Å²) >= 11 is 1.28. The van der Waals surface area contributed by atoms with Crippen LogP contribution in [0.3, 0.4) is 0 Å². The number of furan rings is 1. The Hall–Kier alpha value is -4.18. The zero-order chi connectivity index (χ0) is 24.4. The van der Waals surface area contributed by atoms with Gasteiger partial charge >= 0.3 is 0 Å². The van der Waals surface area contributed by atoms with Crippen molar-refractivity contribution in [2.75, 3.05) is 17.7 Å². The highest BCUT2D eigenvalue weighted by Gasteiger charge is 2.20. The van der Waals surface area contributed by atoms with Crippen LogP contribution in [-0.4, -0.2) is 44.2 Å². The van der Waals surface area contributed by atoms with Crippen molar-refractivity contribution in [1.29, 1.82) is 0 Å². The second kappa shape index (κ2) is 9.59. The number of rotatable bonds is 7. The molecule has 9 nitrogen and oxygen atoms in total. The van der Waals surface area contributed by atoms with E-state index in [0.717, 1.165) is 10.9 Å². The minimum atomic E-state index is -0.291. The van der Waals surface area contributed by atoms with Gasteiger partial charge in [-0.05, 0) is 43.3 Å². The number of anilines is 1. The summed E-state index contributed by atoms with van der Waals surface area (Å²) in [6.07, 6.45) is 1.55. The Labute approximate surface area is 205 Å². The van der Waals surface area contributed by atoms with Crippen molar-refractivity contribution in [3.05, 3.63) is 84.1 Å². The molecule has 0 fully saturated rings. The van der Waals surface area contributed by atoms with Gasteiger partial charge in [-0.2, -0.15) is 4.52 Å². The normalized spacial score (nSPS) is 11.1. The van der Waals surface area contributed by atoms with E-state index in [1.807, 2.05) is 31.2 Å². The van der Waals surface area contributed by atoms with Gasteiger partial charge in [-0.3, -0.25) is 9.59 Å². The van der Waals surface area contributed by atoms with E-state index in [9.17, 15) is 9.59 Å². The molecule has 0 bridgehead atoms. The van der Waals surface area contributed by atoms with E-state index in [-0.39, 0.29) is 24.1 Å². The summed E-state index contributed by atoms with van der Waals surface area (Å²) in [5, 5.41) is 8.76. The second-order valence-corrected chi connectivity index (χ2v) is 8.77. The van der Waals surface area contributed by atoms with Crippen molar-refractivity contribution in [2.24, 2.45) is 0 Å². The summed E-state index contributed by atoms with van der Waals surface area (Å²) < 4.78 is 6.94. The third-order valence-electron chi connectivity index (χ3n) is 5.47. The van der Waals surface area contributed by atoms with Gasteiger partial charge in [-0.25, -0.2) is 9.97 Å². The number of aromatic nitrogens is 4. The fourth-order valence-electron chi connectivity index (χ4n) is 3.72. The zero-order valence-corrected chi connectivity index (χ0v) is 20.0. The molecule has 3 aromatic heterocycles. The molecule has 0 saturated heterocycles. The van der Waals surface area contributed by atoms with Crippen molar-refractivity contribution in [2.45, 2.75) is 18.6 Å². The molecule has 0 unspecified atom stereocenters. The molecule has 5 rings (SSSR count). The smallest absolute Gasteiger partial charge is 0.253 e. The van der Waals surface area contributed by atoms with Gasteiger partial charge in [0.15, 0.2) is 10.8 Å². The molecule has 1 N–H and O–H groups in total. The highest BCUT2D eigenvalue weighted by Crippen LogP contribution is 2.25. The Bertz CT molecular complexity index is 1530. The predicted molar refractivity (Wildman–Crippen MR) is 133 cm³/mol. The van der Waals surface area contributed by atoms with E-state index in [1.165, 1.54) is 16.7 Å². The average molecular weight is 487 g/mol. The summed E-state index contributed by atoms with van der Waals surface area (Å²) in [6, 6.07) is 18.3. The third kappa shape index (κ3) is 4.60. The number of hydrogen-bond donors (Lipinski definition) is 1. The number of nitrogens with one attached hydrogen (secondary N) is 1. The van der Waals surface area contributed by atoms with Crippen molar-refractivity contribution in [3.8, 4) is 0 Å². The van der Waals surface area contributed by atoms with Crippen LogP contribution < -0.4 is 10.2 Å². The average Bonchev–Trinajstić information content (AvgIpc) is 3.54. The molecule has 0 aliphatic rings. The SMILES string of the molecule is Cc1nc2c3ccccc3nc(SCC(=O)N(C)c3ccccc3C(=O)NCc3ccco3)n2n1. The van der Waals surface area contributed by atoms with Crippen LogP contribution >= 0.6 is 11.8 Å². The molecule has 10 heteroatoms. The number of carbonyl (C=O) groups excluding carboxylic acids is 2. The molecular weight excluding hydrogens is 464 g/mol. The minimum absolute atomic E-state index is 0.109. The number of carbonyl (C=O) groups is 2. The van der Waals surface area contributed by atoms with E-state index in [1.54, 1.807) is 54.2 Å². The first-order chi connectivity index (χ1) is 17.0. The molecule has 176 valence electrons. The molecule has 0 atom stereocenters. The summed E-state index contributed by atoms with van der Waals surface area (Å²) in [7, 11) is 1.66. The van der Waals surface area contributed by atoms with Gasteiger partial charge in [0.25, 0.3) is 5.91 Å². The maximum Gasteiger partial charge on any atom is 0.253 e. The molecule has 2 aromatic carbocycles. The minimum Gasteiger partial charge on any atom is -0.467 e. The van der Waals surface area contributed by atoms with Crippen LogP contribution in [0.15, 0.2) is 76.5 Å². The first-order valence-corrected chi connectivity index (χ1v) is 11.9. The van der Waals surface area contributed by atoms with Crippen molar-refractivity contribution >= 4 is 45.8 Å². The number of benzene rings is 2. The summed E-state index contributed by atoms with van der Waals surface area (Å²) in [5.41, 5.74) is 2.41. The second-order valence-electron chi connectivity index (χ2n) is 7.83. The van der Waals surface area contributed by atoms with E-state index < -0.39 is 0 Å². The molecule has 0 radical (unpaired) electrons. The van der Waals surface area contributed by atoms with Crippen LogP contribution in [0, 0.1) is 6.92 Å². The summed E-state index contributed by atoms with van der Waals surface area (Å²) in [5.74, 6) is 0.914. The molecule has 0 aliphatic heterocycles. The number of amides is 2. The number of nitrogens with zero attached hydrogens (tertiary/aromatic N) is 5. The Morgan fingerprint density at radius 1 is 1.06 bits per heavy atom. The van der Waals surface area contributed by atoms with Crippen LogP contribution in [0.5, 0.6) is 0 Å². The van der Waals surface area contributed by atoms with Crippen LogP contribution in [0.4, 0.5) is 5.69 Å². The fraction of sp³-hybridized carbons (Fsp3) is 0.160. The lowest BCUT2D eigenvalue weighted by atomic mass is 10.1. The fourth-order valence-corrected chi connectivity index (χ4v) is 4.58. The number of fused-ring (bicyclic) bond motifs is 3. The summed E-state index contributed by atoms with van der Waals surface area (Å²) in [6.45, 7) is 2.08. The molecule has 0 saturated carbocycles. The lowest BCUT2D eigenvalue weighted by Gasteiger charge is -2.20. The van der Waals surface area contributed by atoms with Gasteiger partial charge in [0.2, 0.25) is 5.91 Å². The van der Waals surface area contributed by atoms with Gasteiger partial charge < -0.3 is 14.6 Å². The molecule has 0 aliphatic carbocycles. The van der Waals surface area contributed by atoms with Gasteiger partial charge in [0.1, 0.15) is 11.6 Å². The van der Waals surface area contributed by atoms with Crippen LogP contribution in [0.1, 0.15) is 21.9 Å². The number of hydrogen-bond acceptors (Lipinski definition) is 7. The number of thioether (sulfide) groups is 1. The van der Waals surface area contributed by atoms with Crippen molar-refractivity contribution in [3.63, 3.8) is 0 Å². The Morgan fingerprint density at radius 3 is 2.69 bits per heavy atom. The Morgan fingerprint density at radius 2 is 1.86 bits per heavy atom. The maximum absolute atomic E-state index is 13.1. The van der Waals surface area contributed by atoms with Crippen LogP contribution in [0.25, 0.3) is 16.6 Å². The van der Waals surface area contributed by atoms with E-state index in [0.29, 0.717) is 33.6 Å². The van der Waals surface area contributed by atoms with Crippen LogP contribution in [0.2, 0.25) is 0 Å². The first kappa shape index (κ1) is 22.6. The van der Waals surface area contributed by atoms with E-state index >= 15 is 0 Å². The first-order valence-electron chi connectivity index (χ1n) is 10.9. The lowest BCUT2D eigenvalue weighted by Crippen LogP contribution is -2.31. The molecule has 35 heavy (non-hydrogen) atoms. The third-order valence-corrected chi connectivity index (χ3v) is 6.38. The number of para-hydroxylation sites is 2. The quantitative estimate of drug-likeness (QED) is 0.275. The molecule has 2 amide bonds. The molecule has 5 aromatic rings.